The Hall–Kier alpha value is -3.20. The second-order valence-corrected chi connectivity index (χ2v) is 8.75. The van der Waals surface area contributed by atoms with Crippen LogP contribution in [0.1, 0.15) is 6.42 Å². The van der Waals surface area contributed by atoms with Gasteiger partial charge in [-0.25, -0.2) is 9.37 Å². The van der Waals surface area contributed by atoms with Gasteiger partial charge in [0.05, 0.1) is 36.1 Å². The molecule has 34 heavy (non-hydrogen) atoms. The normalized spacial score (nSPS) is 21.7. The van der Waals surface area contributed by atoms with Crippen molar-refractivity contribution in [1.29, 1.82) is 0 Å². The van der Waals surface area contributed by atoms with Crippen LogP contribution in [0.3, 0.4) is 0 Å². The highest BCUT2D eigenvalue weighted by Gasteiger charge is 2.43. The number of halogens is 2. The van der Waals surface area contributed by atoms with Crippen LogP contribution >= 0.6 is 11.6 Å². The molecule has 174 valence electrons. The number of hydrogen-bond acceptors (Lipinski definition) is 6. The minimum Gasteiger partial charge on any atom is -0.497 e. The molecule has 3 atom stereocenters. The van der Waals surface area contributed by atoms with Crippen LogP contribution < -0.4 is 9.47 Å². The molecule has 2 aliphatic heterocycles. The van der Waals surface area contributed by atoms with E-state index in [2.05, 4.69) is 15.0 Å². The molecular formula is C25H21ClFN3O4. The summed E-state index contributed by atoms with van der Waals surface area (Å²) in [6.45, 7) is 1.15. The molecule has 0 amide bonds. The molecule has 4 aromatic rings. The summed E-state index contributed by atoms with van der Waals surface area (Å²) in [6.07, 6.45) is 0.690. The van der Waals surface area contributed by atoms with E-state index < -0.39 is 0 Å². The molecule has 2 aliphatic rings. The first kappa shape index (κ1) is 21.3. The molecule has 6 rings (SSSR count). The summed E-state index contributed by atoms with van der Waals surface area (Å²) in [7, 11) is 1.51. The first-order valence-electron chi connectivity index (χ1n) is 11.0. The van der Waals surface area contributed by atoms with Crippen molar-refractivity contribution in [3.05, 3.63) is 59.4 Å². The lowest BCUT2D eigenvalue weighted by Gasteiger charge is -2.15. The van der Waals surface area contributed by atoms with Crippen LogP contribution in [-0.4, -0.2) is 53.6 Å². The van der Waals surface area contributed by atoms with E-state index in [9.17, 15) is 4.39 Å². The maximum Gasteiger partial charge on any atom is 0.296 e. The Kier molecular flexibility index (Phi) is 5.36. The fourth-order valence-corrected chi connectivity index (χ4v) is 4.76. The van der Waals surface area contributed by atoms with Gasteiger partial charge in [-0.05, 0) is 35.7 Å². The second-order valence-electron chi connectivity index (χ2n) is 8.34. The number of aromatic amines is 1. The van der Waals surface area contributed by atoms with Crippen LogP contribution in [0.15, 0.2) is 48.5 Å². The number of H-pyrrole nitrogens is 1. The minimum absolute atomic E-state index is 0.0723. The molecule has 0 aliphatic carbocycles. The molecular weight excluding hydrogens is 461 g/mol. The monoisotopic (exact) mass is 481 g/mol. The molecule has 1 N–H and O–H groups in total. The lowest BCUT2D eigenvalue weighted by molar-refractivity contribution is 0.0273. The van der Waals surface area contributed by atoms with Gasteiger partial charge < -0.3 is 23.9 Å². The van der Waals surface area contributed by atoms with Crippen molar-refractivity contribution in [2.24, 2.45) is 0 Å². The van der Waals surface area contributed by atoms with Crippen molar-refractivity contribution < 1.29 is 23.3 Å². The van der Waals surface area contributed by atoms with E-state index in [1.54, 1.807) is 12.1 Å². The number of methoxy groups -OCH3 is 1. The molecule has 4 heterocycles. The van der Waals surface area contributed by atoms with Gasteiger partial charge in [-0.1, -0.05) is 35.9 Å². The summed E-state index contributed by atoms with van der Waals surface area (Å²) in [4.78, 5) is 12.3. The molecule has 9 heteroatoms. The molecule has 0 spiro atoms. The van der Waals surface area contributed by atoms with E-state index in [0.717, 1.165) is 23.1 Å². The fraction of sp³-hybridized carbons (Fsp3) is 0.280. The van der Waals surface area contributed by atoms with E-state index in [-0.39, 0.29) is 24.1 Å². The average Bonchev–Trinajstić information content (AvgIpc) is 3.55. The van der Waals surface area contributed by atoms with Gasteiger partial charge >= 0.3 is 0 Å². The fourth-order valence-electron chi connectivity index (χ4n) is 4.50. The lowest BCUT2D eigenvalue weighted by atomic mass is 10.0. The van der Waals surface area contributed by atoms with Gasteiger partial charge in [0.15, 0.2) is 11.8 Å². The molecule has 2 aromatic carbocycles. The van der Waals surface area contributed by atoms with Crippen molar-refractivity contribution >= 4 is 22.8 Å². The number of fused-ring (bicyclic) bond motifs is 2. The van der Waals surface area contributed by atoms with E-state index in [4.69, 9.17) is 30.5 Å². The number of nitrogens with one attached hydrogen (secondary N) is 1. The Morgan fingerprint density at radius 2 is 1.85 bits per heavy atom. The highest BCUT2D eigenvalue weighted by molar-refractivity contribution is 6.33. The molecule has 0 bridgehead atoms. The zero-order valence-electron chi connectivity index (χ0n) is 18.3. The highest BCUT2D eigenvalue weighted by Crippen LogP contribution is 2.33. The Morgan fingerprint density at radius 3 is 2.68 bits per heavy atom. The number of benzene rings is 2. The van der Waals surface area contributed by atoms with E-state index in [1.807, 2.05) is 24.3 Å². The van der Waals surface area contributed by atoms with E-state index in [1.165, 1.54) is 19.2 Å². The van der Waals surface area contributed by atoms with Crippen LogP contribution in [0.5, 0.6) is 11.8 Å². The molecule has 2 aromatic heterocycles. The number of ether oxygens (including phenoxy) is 4. The molecule has 0 radical (unpaired) electrons. The quantitative estimate of drug-likeness (QED) is 0.431. The maximum absolute atomic E-state index is 13.9. The SMILES string of the molecule is COc1cc(F)cc(-c2ccc(-c3nc4nc(OC5CO[C@@H]6CCO[C@H]56)[nH]c4cc3Cl)cc2)c1. The van der Waals surface area contributed by atoms with Crippen molar-refractivity contribution in [3.8, 4) is 34.1 Å². The van der Waals surface area contributed by atoms with E-state index in [0.29, 0.717) is 46.9 Å². The number of pyridine rings is 1. The molecule has 1 unspecified atom stereocenters. The van der Waals surface area contributed by atoms with Gasteiger partial charge in [0, 0.05) is 18.2 Å². The number of rotatable bonds is 5. The van der Waals surface area contributed by atoms with Crippen LogP contribution in [0.2, 0.25) is 5.02 Å². The van der Waals surface area contributed by atoms with Crippen molar-refractivity contribution in [2.75, 3.05) is 20.3 Å². The third-order valence-corrected chi connectivity index (χ3v) is 6.47. The first-order chi connectivity index (χ1) is 16.6. The summed E-state index contributed by atoms with van der Waals surface area (Å²) in [5.41, 5.74) is 4.15. The molecule has 0 saturated carbocycles. The molecule has 7 nitrogen and oxygen atoms in total. The predicted octanol–water partition coefficient (Wildman–Crippen LogP) is 5.03. The van der Waals surface area contributed by atoms with Crippen LogP contribution in [0, 0.1) is 5.82 Å². The largest absolute Gasteiger partial charge is 0.497 e. The standard InChI is InChI=1S/C25H21ClFN3O4/c1-31-17-9-15(8-16(27)10-17)13-2-4-14(5-3-13)22-18(26)11-19-24(29-22)30-25(28-19)34-21-12-33-20-6-7-32-23(20)21/h2-5,8-11,20-21,23H,6-7,12H2,1H3,(H,28,29,30)/t20-,21?,23+/m1/s1. The number of hydrogen-bond donors (Lipinski definition) is 1. The van der Waals surface area contributed by atoms with Crippen molar-refractivity contribution in [2.45, 2.75) is 24.7 Å². The second kappa shape index (κ2) is 8.54. The van der Waals surface area contributed by atoms with Gasteiger partial charge in [0.2, 0.25) is 0 Å². The summed E-state index contributed by atoms with van der Waals surface area (Å²) in [6, 6.07) is 14.3. The Morgan fingerprint density at radius 1 is 1.03 bits per heavy atom. The number of nitrogens with zero attached hydrogens (tertiary/aromatic N) is 2. The Bertz CT molecular complexity index is 1360. The minimum atomic E-state index is -0.357. The summed E-state index contributed by atoms with van der Waals surface area (Å²) in [5, 5.41) is 0.478. The summed E-state index contributed by atoms with van der Waals surface area (Å²) >= 11 is 6.55. The topological polar surface area (TPSA) is 78.5 Å². The van der Waals surface area contributed by atoms with Crippen molar-refractivity contribution in [3.63, 3.8) is 0 Å². The zero-order chi connectivity index (χ0) is 23.2. The molecule has 2 fully saturated rings. The third-order valence-electron chi connectivity index (χ3n) is 6.19. The molecule has 2 saturated heterocycles. The van der Waals surface area contributed by atoms with Gasteiger partial charge in [-0.2, -0.15) is 4.98 Å². The van der Waals surface area contributed by atoms with Gasteiger partial charge in [0.1, 0.15) is 17.7 Å². The zero-order valence-corrected chi connectivity index (χ0v) is 19.0. The lowest BCUT2D eigenvalue weighted by Crippen LogP contribution is -2.32. The predicted molar refractivity (Wildman–Crippen MR) is 125 cm³/mol. The summed E-state index contributed by atoms with van der Waals surface area (Å²) < 4.78 is 36.6. The van der Waals surface area contributed by atoms with Crippen molar-refractivity contribution in [1.82, 2.24) is 15.0 Å². The van der Waals surface area contributed by atoms with Gasteiger partial charge in [-0.3, -0.25) is 0 Å². The average molecular weight is 482 g/mol. The first-order valence-corrected chi connectivity index (χ1v) is 11.4. The summed E-state index contributed by atoms with van der Waals surface area (Å²) in [5.74, 6) is 0.106. The number of aromatic nitrogens is 3. The smallest absolute Gasteiger partial charge is 0.296 e. The Balaban J connectivity index is 1.27. The maximum atomic E-state index is 13.9. The van der Waals surface area contributed by atoms with Crippen LogP contribution in [-0.2, 0) is 9.47 Å². The van der Waals surface area contributed by atoms with E-state index >= 15 is 0 Å². The highest BCUT2D eigenvalue weighted by atomic mass is 35.5. The van der Waals surface area contributed by atoms with Gasteiger partial charge in [-0.15, -0.1) is 0 Å². The van der Waals surface area contributed by atoms with Gasteiger partial charge in [0.25, 0.3) is 6.01 Å². The Labute approximate surface area is 199 Å². The number of imidazole rings is 1. The van der Waals surface area contributed by atoms with Crippen LogP contribution in [0.4, 0.5) is 4.39 Å². The third kappa shape index (κ3) is 3.87. The van der Waals surface area contributed by atoms with Crippen LogP contribution in [0.25, 0.3) is 33.5 Å².